The number of sulfone groups is 1. The van der Waals surface area contributed by atoms with Crippen LogP contribution in [0.5, 0.6) is 0 Å². The molecule has 0 spiro atoms. The maximum Gasteiger partial charge on any atom is 0.179 e. The van der Waals surface area contributed by atoms with E-state index in [9.17, 15) is 8.42 Å². The zero-order valence-electron chi connectivity index (χ0n) is 12.4. The molecule has 2 rings (SSSR count). The highest BCUT2D eigenvalue weighted by Crippen LogP contribution is 2.22. The van der Waals surface area contributed by atoms with Crippen LogP contribution in [0.2, 0.25) is 0 Å². The molecule has 1 saturated carbocycles. The Labute approximate surface area is 126 Å². The van der Waals surface area contributed by atoms with Crippen molar-refractivity contribution < 1.29 is 8.42 Å². The summed E-state index contributed by atoms with van der Waals surface area (Å²) in [6, 6.07) is 6.75. The molecule has 0 atom stereocenters. The molecule has 1 aliphatic carbocycles. The predicted octanol–water partition coefficient (Wildman–Crippen LogP) is 1.62. The van der Waals surface area contributed by atoms with Gasteiger partial charge in [-0.3, -0.25) is 5.41 Å². The summed E-state index contributed by atoms with van der Waals surface area (Å²) in [7, 11) is -1.28. The van der Waals surface area contributed by atoms with Gasteiger partial charge < -0.3 is 10.6 Å². The van der Waals surface area contributed by atoms with Crippen LogP contribution in [-0.4, -0.2) is 44.5 Å². The SMILES string of the molecule is CN(CCS(=O)(=O)c1ccc(C(=N)N)cc1)C1CCCC1. The fourth-order valence-electron chi connectivity index (χ4n) is 2.75. The smallest absolute Gasteiger partial charge is 0.179 e. The molecule has 6 heteroatoms. The fraction of sp³-hybridized carbons (Fsp3) is 0.533. The van der Waals surface area contributed by atoms with E-state index in [-0.39, 0.29) is 11.6 Å². The number of hydrogen-bond acceptors (Lipinski definition) is 4. The second-order valence-corrected chi connectivity index (χ2v) is 7.78. The molecular formula is C15H23N3O2S. The van der Waals surface area contributed by atoms with E-state index < -0.39 is 9.84 Å². The maximum atomic E-state index is 12.3. The van der Waals surface area contributed by atoms with Gasteiger partial charge in [-0.1, -0.05) is 25.0 Å². The molecule has 1 aromatic carbocycles. The van der Waals surface area contributed by atoms with Gasteiger partial charge in [0.05, 0.1) is 10.6 Å². The highest BCUT2D eigenvalue weighted by atomic mass is 32.2. The Hall–Kier alpha value is -1.40. The molecule has 0 amide bonds. The molecule has 5 nitrogen and oxygen atoms in total. The lowest BCUT2D eigenvalue weighted by molar-refractivity contribution is 0.259. The summed E-state index contributed by atoms with van der Waals surface area (Å²) in [5.74, 6) is 0.0688. The Morgan fingerprint density at radius 2 is 1.86 bits per heavy atom. The van der Waals surface area contributed by atoms with Crippen molar-refractivity contribution >= 4 is 15.7 Å². The molecule has 21 heavy (non-hydrogen) atoms. The highest BCUT2D eigenvalue weighted by molar-refractivity contribution is 7.91. The molecule has 116 valence electrons. The van der Waals surface area contributed by atoms with Crippen molar-refractivity contribution in [1.82, 2.24) is 4.90 Å². The first-order valence-electron chi connectivity index (χ1n) is 7.27. The minimum Gasteiger partial charge on any atom is -0.384 e. The average molecular weight is 309 g/mol. The molecule has 1 aliphatic rings. The summed E-state index contributed by atoms with van der Waals surface area (Å²) in [5.41, 5.74) is 5.91. The molecule has 0 aromatic heterocycles. The van der Waals surface area contributed by atoms with E-state index >= 15 is 0 Å². The van der Waals surface area contributed by atoms with Crippen LogP contribution in [0.4, 0.5) is 0 Å². The van der Waals surface area contributed by atoms with Gasteiger partial charge >= 0.3 is 0 Å². The van der Waals surface area contributed by atoms with E-state index in [1.165, 1.54) is 37.8 Å². The minimum atomic E-state index is -3.28. The third-order valence-corrected chi connectivity index (χ3v) is 5.90. The van der Waals surface area contributed by atoms with Crippen molar-refractivity contribution in [3.8, 4) is 0 Å². The van der Waals surface area contributed by atoms with Crippen molar-refractivity contribution in [3.05, 3.63) is 29.8 Å². The lowest BCUT2D eigenvalue weighted by atomic mass is 10.2. The van der Waals surface area contributed by atoms with Gasteiger partial charge in [-0.15, -0.1) is 0 Å². The van der Waals surface area contributed by atoms with E-state index in [2.05, 4.69) is 4.90 Å². The van der Waals surface area contributed by atoms with Crippen LogP contribution in [0, 0.1) is 5.41 Å². The van der Waals surface area contributed by atoms with Crippen molar-refractivity contribution in [2.75, 3.05) is 19.3 Å². The number of hydrogen-bond donors (Lipinski definition) is 2. The number of benzene rings is 1. The predicted molar refractivity (Wildman–Crippen MR) is 84.4 cm³/mol. The number of nitrogens with zero attached hydrogens (tertiary/aromatic N) is 1. The zero-order chi connectivity index (χ0) is 15.5. The van der Waals surface area contributed by atoms with Crippen molar-refractivity contribution in [2.24, 2.45) is 5.73 Å². The Morgan fingerprint density at radius 1 is 1.29 bits per heavy atom. The van der Waals surface area contributed by atoms with Crippen LogP contribution in [0.3, 0.4) is 0 Å². The first-order valence-corrected chi connectivity index (χ1v) is 8.93. The van der Waals surface area contributed by atoms with Gasteiger partial charge in [0.1, 0.15) is 5.84 Å². The summed E-state index contributed by atoms with van der Waals surface area (Å²) in [6.07, 6.45) is 4.83. The number of amidine groups is 1. The van der Waals surface area contributed by atoms with Crippen LogP contribution in [0.1, 0.15) is 31.2 Å². The number of nitrogens with one attached hydrogen (secondary N) is 1. The Balaban J connectivity index is 1.99. The number of rotatable bonds is 6. The first-order chi connectivity index (χ1) is 9.90. The second-order valence-electron chi connectivity index (χ2n) is 5.68. The Morgan fingerprint density at radius 3 is 2.38 bits per heavy atom. The molecule has 0 heterocycles. The van der Waals surface area contributed by atoms with Crippen molar-refractivity contribution in [1.29, 1.82) is 5.41 Å². The van der Waals surface area contributed by atoms with E-state index in [4.69, 9.17) is 11.1 Å². The maximum absolute atomic E-state index is 12.3. The van der Waals surface area contributed by atoms with Crippen LogP contribution < -0.4 is 5.73 Å². The molecule has 0 aliphatic heterocycles. The van der Waals surface area contributed by atoms with Crippen molar-refractivity contribution in [2.45, 2.75) is 36.6 Å². The quantitative estimate of drug-likeness (QED) is 0.617. The molecule has 0 radical (unpaired) electrons. The summed E-state index contributed by atoms with van der Waals surface area (Å²) < 4.78 is 24.6. The second kappa shape index (κ2) is 6.58. The Bertz CT molecular complexity index is 590. The largest absolute Gasteiger partial charge is 0.384 e. The molecule has 1 aromatic rings. The van der Waals surface area contributed by atoms with Crippen LogP contribution in [0.15, 0.2) is 29.2 Å². The third-order valence-electron chi connectivity index (χ3n) is 4.19. The van der Waals surface area contributed by atoms with E-state index in [0.29, 0.717) is 23.0 Å². The van der Waals surface area contributed by atoms with Gasteiger partial charge in [0.2, 0.25) is 0 Å². The van der Waals surface area contributed by atoms with Crippen LogP contribution in [0.25, 0.3) is 0 Å². The molecule has 0 saturated heterocycles. The zero-order valence-corrected chi connectivity index (χ0v) is 13.2. The number of nitrogens with two attached hydrogens (primary N) is 1. The first kappa shape index (κ1) is 16.0. The third kappa shape index (κ3) is 4.04. The van der Waals surface area contributed by atoms with Gasteiger partial charge in [0, 0.05) is 18.2 Å². The van der Waals surface area contributed by atoms with Gasteiger partial charge in [0.15, 0.2) is 9.84 Å². The topological polar surface area (TPSA) is 87.2 Å². The Kier molecular flexibility index (Phi) is 5.00. The van der Waals surface area contributed by atoms with Crippen LogP contribution >= 0.6 is 0 Å². The highest BCUT2D eigenvalue weighted by Gasteiger charge is 2.22. The van der Waals surface area contributed by atoms with E-state index in [1.54, 1.807) is 12.1 Å². The molecule has 1 fully saturated rings. The van der Waals surface area contributed by atoms with E-state index in [1.807, 2.05) is 7.05 Å². The molecule has 0 bridgehead atoms. The van der Waals surface area contributed by atoms with Gasteiger partial charge in [-0.25, -0.2) is 8.42 Å². The monoisotopic (exact) mass is 309 g/mol. The molecular weight excluding hydrogens is 286 g/mol. The minimum absolute atomic E-state index is 0.0556. The summed E-state index contributed by atoms with van der Waals surface area (Å²) >= 11 is 0. The fourth-order valence-corrected chi connectivity index (χ4v) is 4.07. The molecule has 0 unspecified atom stereocenters. The molecule has 3 N–H and O–H groups in total. The van der Waals surface area contributed by atoms with Crippen LogP contribution in [-0.2, 0) is 9.84 Å². The average Bonchev–Trinajstić information content (AvgIpc) is 2.99. The van der Waals surface area contributed by atoms with Gasteiger partial charge in [-0.05, 0) is 32.0 Å². The van der Waals surface area contributed by atoms with Gasteiger partial charge in [0.25, 0.3) is 0 Å². The summed E-state index contributed by atoms with van der Waals surface area (Å²) in [4.78, 5) is 2.46. The van der Waals surface area contributed by atoms with E-state index in [0.717, 1.165) is 0 Å². The van der Waals surface area contributed by atoms with Crippen molar-refractivity contribution in [3.63, 3.8) is 0 Å². The number of nitrogen functional groups attached to an aromatic ring is 1. The summed E-state index contributed by atoms with van der Waals surface area (Å²) in [6.45, 7) is 0.557. The lowest BCUT2D eigenvalue weighted by Gasteiger charge is -2.23. The summed E-state index contributed by atoms with van der Waals surface area (Å²) in [5, 5.41) is 7.32. The lowest BCUT2D eigenvalue weighted by Crippen LogP contribution is -2.33. The normalized spacial score (nSPS) is 16.5. The van der Waals surface area contributed by atoms with Gasteiger partial charge in [-0.2, -0.15) is 0 Å². The standard InChI is InChI=1S/C15H23N3O2S/c1-18(13-4-2-3-5-13)10-11-21(19,20)14-8-6-12(7-9-14)15(16)17/h6-9,13H,2-5,10-11H2,1H3,(H3,16,17).